The fourth-order valence-electron chi connectivity index (χ4n) is 6.07. The molecule has 0 atom stereocenters. The van der Waals surface area contributed by atoms with Crippen molar-refractivity contribution in [3.05, 3.63) is 64.3 Å². The van der Waals surface area contributed by atoms with Crippen LogP contribution in [0.15, 0.2) is 53.1 Å². The van der Waals surface area contributed by atoms with Gasteiger partial charge in [-0.25, -0.2) is 0 Å². The van der Waals surface area contributed by atoms with Crippen molar-refractivity contribution in [2.24, 2.45) is 5.92 Å². The van der Waals surface area contributed by atoms with Crippen molar-refractivity contribution in [2.75, 3.05) is 37.8 Å². The van der Waals surface area contributed by atoms with Gasteiger partial charge in [0.05, 0.1) is 0 Å². The Balaban J connectivity index is 1.19. The third kappa shape index (κ3) is 4.93. The highest BCUT2D eigenvalue weighted by Gasteiger charge is 2.30. The van der Waals surface area contributed by atoms with Crippen LogP contribution in [0.1, 0.15) is 43.7 Å². The molecule has 0 amide bonds. The van der Waals surface area contributed by atoms with Crippen molar-refractivity contribution in [1.82, 2.24) is 14.8 Å². The predicted molar refractivity (Wildman–Crippen MR) is 146 cm³/mol. The van der Waals surface area contributed by atoms with Gasteiger partial charge in [-0.3, -0.25) is 14.8 Å². The highest BCUT2D eigenvalue weighted by atomic mass is 79.9. The maximum Gasteiger partial charge on any atom is 0.152 e. The Morgan fingerprint density at radius 1 is 1.00 bits per heavy atom. The van der Waals surface area contributed by atoms with E-state index in [1.165, 1.54) is 47.9 Å². The Bertz CT molecular complexity index is 1170. The number of rotatable bonds is 4. The van der Waals surface area contributed by atoms with Gasteiger partial charge in [-0.15, -0.1) is 0 Å². The van der Waals surface area contributed by atoms with Gasteiger partial charge in [0.25, 0.3) is 0 Å². The third-order valence-electron chi connectivity index (χ3n) is 8.22. The van der Waals surface area contributed by atoms with Crippen molar-refractivity contribution in [2.45, 2.75) is 51.7 Å². The first-order chi connectivity index (χ1) is 17.1. The molecule has 35 heavy (non-hydrogen) atoms. The molecule has 2 fully saturated rings. The summed E-state index contributed by atoms with van der Waals surface area (Å²) in [5, 5.41) is 1.24. The molecule has 2 aromatic carbocycles. The van der Waals surface area contributed by atoms with Crippen LogP contribution in [0.3, 0.4) is 0 Å². The standard InChI is InChI=1S/C29H35BrN4O/c1-21-4-8-26(9-5-21)34-19-23-17-22(27-3-2-12-31-28(27)29(23)35-20-34)18-32-13-15-33(16-14-32)25-10-6-24(30)7-11-25/h2-3,6-7,10-12,17,21,26H,4-5,8-9,13-16,18-20H2,1H3. The Kier molecular flexibility index (Phi) is 6.70. The van der Waals surface area contributed by atoms with Crippen LogP contribution in [0.2, 0.25) is 0 Å². The van der Waals surface area contributed by atoms with Crippen LogP contribution in [0.5, 0.6) is 5.75 Å². The van der Waals surface area contributed by atoms with Crippen molar-refractivity contribution in [3.8, 4) is 5.75 Å². The maximum atomic E-state index is 6.39. The Morgan fingerprint density at radius 2 is 1.77 bits per heavy atom. The van der Waals surface area contributed by atoms with Crippen LogP contribution in [-0.2, 0) is 13.1 Å². The molecule has 1 saturated carbocycles. The lowest BCUT2D eigenvalue weighted by molar-refractivity contribution is 0.0355. The molecule has 0 bridgehead atoms. The van der Waals surface area contributed by atoms with Gasteiger partial charge in [0.15, 0.2) is 5.75 Å². The second-order valence-electron chi connectivity index (χ2n) is 10.6. The minimum Gasteiger partial charge on any atom is -0.475 e. The van der Waals surface area contributed by atoms with Crippen molar-refractivity contribution < 1.29 is 4.74 Å². The molecule has 1 aromatic heterocycles. The summed E-state index contributed by atoms with van der Waals surface area (Å²) in [5.41, 5.74) is 5.03. The van der Waals surface area contributed by atoms with Gasteiger partial charge in [0, 0.05) is 72.6 Å². The number of ether oxygens (including phenoxy) is 1. The zero-order valence-corrected chi connectivity index (χ0v) is 22.2. The van der Waals surface area contributed by atoms with Gasteiger partial charge in [-0.05, 0) is 73.6 Å². The molecule has 184 valence electrons. The highest BCUT2D eigenvalue weighted by molar-refractivity contribution is 9.10. The number of hydrogen-bond acceptors (Lipinski definition) is 5. The van der Waals surface area contributed by atoms with Crippen molar-refractivity contribution in [1.29, 1.82) is 0 Å². The second kappa shape index (κ2) is 10.1. The lowest BCUT2D eigenvalue weighted by Gasteiger charge is -2.39. The third-order valence-corrected chi connectivity index (χ3v) is 8.75. The number of piperazine rings is 1. The molecule has 5 nitrogen and oxygen atoms in total. The molecule has 6 heteroatoms. The van der Waals surface area contributed by atoms with Crippen molar-refractivity contribution >= 4 is 32.5 Å². The first kappa shape index (κ1) is 23.3. The van der Waals surface area contributed by atoms with E-state index in [-0.39, 0.29) is 0 Å². The van der Waals surface area contributed by atoms with Crippen LogP contribution in [0, 0.1) is 5.92 Å². The number of fused-ring (bicyclic) bond motifs is 3. The first-order valence-corrected chi connectivity index (χ1v) is 13.9. The lowest BCUT2D eigenvalue weighted by atomic mass is 9.86. The molecule has 0 N–H and O–H groups in total. The predicted octanol–water partition coefficient (Wildman–Crippen LogP) is 6.05. The van der Waals surface area contributed by atoms with Gasteiger partial charge in [0.2, 0.25) is 0 Å². The molecule has 3 aromatic rings. The number of benzene rings is 2. The SMILES string of the molecule is CC1CCC(N2COc3c(cc(CN4CCN(c5ccc(Br)cc5)CC4)c4cccnc34)C2)CC1. The van der Waals surface area contributed by atoms with Crippen LogP contribution >= 0.6 is 15.9 Å². The Morgan fingerprint density at radius 3 is 2.54 bits per heavy atom. The van der Waals surface area contributed by atoms with Crippen LogP contribution in [0.25, 0.3) is 10.9 Å². The molecule has 0 radical (unpaired) electrons. The minimum atomic E-state index is 0.647. The quantitative estimate of drug-likeness (QED) is 0.406. The molecule has 0 spiro atoms. The molecule has 6 rings (SSSR count). The van der Waals surface area contributed by atoms with Crippen molar-refractivity contribution in [3.63, 3.8) is 0 Å². The van der Waals surface area contributed by atoms with E-state index in [1.807, 2.05) is 6.20 Å². The van der Waals surface area contributed by atoms with Gasteiger partial charge >= 0.3 is 0 Å². The molecule has 3 aliphatic rings. The zero-order chi connectivity index (χ0) is 23.8. The summed E-state index contributed by atoms with van der Waals surface area (Å²) in [6.45, 7) is 9.26. The van der Waals surface area contributed by atoms with E-state index in [0.29, 0.717) is 12.8 Å². The number of hydrogen-bond donors (Lipinski definition) is 0. The fraction of sp³-hybridized carbons (Fsp3) is 0.483. The van der Waals surface area contributed by atoms with Crippen LogP contribution < -0.4 is 9.64 Å². The molecular formula is C29H35BrN4O. The molecule has 2 aliphatic heterocycles. The van der Waals surface area contributed by atoms with E-state index >= 15 is 0 Å². The van der Waals surface area contributed by atoms with E-state index in [0.717, 1.165) is 60.9 Å². The van der Waals surface area contributed by atoms with E-state index in [4.69, 9.17) is 9.72 Å². The smallest absolute Gasteiger partial charge is 0.152 e. The Hall–Kier alpha value is -2.15. The summed E-state index contributed by atoms with van der Waals surface area (Å²) in [6.07, 6.45) is 7.17. The first-order valence-electron chi connectivity index (χ1n) is 13.1. The van der Waals surface area contributed by atoms with E-state index < -0.39 is 0 Å². The summed E-state index contributed by atoms with van der Waals surface area (Å²) in [6, 6.07) is 16.0. The van der Waals surface area contributed by atoms with E-state index in [2.05, 4.69) is 80.0 Å². The molecular weight excluding hydrogens is 500 g/mol. The van der Waals surface area contributed by atoms with Gasteiger partial charge in [-0.1, -0.05) is 28.9 Å². The number of nitrogens with zero attached hydrogens (tertiary/aromatic N) is 4. The number of anilines is 1. The fourth-order valence-corrected chi connectivity index (χ4v) is 6.34. The maximum absolute atomic E-state index is 6.39. The summed E-state index contributed by atoms with van der Waals surface area (Å²) in [7, 11) is 0. The Labute approximate surface area is 217 Å². The normalized spacial score (nSPS) is 23.8. The number of halogens is 1. The van der Waals surface area contributed by atoms with Gasteiger partial charge in [0.1, 0.15) is 12.2 Å². The molecule has 1 saturated heterocycles. The second-order valence-corrected chi connectivity index (χ2v) is 11.5. The molecule has 3 heterocycles. The summed E-state index contributed by atoms with van der Waals surface area (Å²) in [4.78, 5) is 12.4. The summed E-state index contributed by atoms with van der Waals surface area (Å²) < 4.78 is 7.52. The van der Waals surface area contributed by atoms with Crippen LogP contribution in [-0.4, -0.2) is 53.7 Å². The minimum absolute atomic E-state index is 0.647. The summed E-state index contributed by atoms with van der Waals surface area (Å²) in [5.74, 6) is 1.87. The van der Waals surface area contributed by atoms with Gasteiger partial charge in [-0.2, -0.15) is 0 Å². The van der Waals surface area contributed by atoms with E-state index in [9.17, 15) is 0 Å². The van der Waals surface area contributed by atoms with E-state index in [1.54, 1.807) is 0 Å². The zero-order valence-electron chi connectivity index (χ0n) is 20.6. The number of aromatic nitrogens is 1. The molecule has 1 aliphatic carbocycles. The number of pyridine rings is 1. The average Bonchev–Trinajstić information content (AvgIpc) is 2.90. The topological polar surface area (TPSA) is 31.8 Å². The lowest BCUT2D eigenvalue weighted by Crippen LogP contribution is -2.46. The van der Waals surface area contributed by atoms with Gasteiger partial charge < -0.3 is 9.64 Å². The highest BCUT2D eigenvalue weighted by Crippen LogP contribution is 2.37. The summed E-state index contributed by atoms with van der Waals surface area (Å²) >= 11 is 3.55. The largest absolute Gasteiger partial charge is 0.475 e. The average molecular weight is 536 g/mol. The van der Waals surface area contributed by atoms with Crippen LogP contribution in [0.4, 0.5) is 5.69 Å². The molecule has 0 unspecified atom stereocenters. The monoisotopic (exact) mass is 534 g/mol.